The number of hydrogen-bond acceptors (Lipinski definition) is 4. The highest BCUT2D eigenvalue weighted by atomic mass is 32.2. The average Bonchev–Trinajstić information content (AvgIpc) is 2.74. The van der Waals surface area contributed by atoms with Gasteiger partial charge in [0, 0.05) is 18.2 Å². The highest BCUT2D eigenvalue weighted by Gasteiger charge is 2.39. The van der Waals surface area contributed by atoms with Gasteiger partial charge < -0.3 is 9.80 Å². The first-order valence-corrected chi connectivity index (χ1v) is 6.95. The summed E-state index contributed by atoms with van der Waals surface area (Å²) in [5, 5.41) is 8.60. The number of nitrogens with zero attached hydrogens (tertiary/aromatic N) is 3. The Labute approximate surface area is 112 Å². The largest absolute Gasteiger partial charge is 0.331 e. The highest BCUT2D eigenvalue weighted by molar-refractivity contribution is 7.99. The Balaban J connectivity index is 2.80. The van der Waals surface area contributed by atoms with Gasteiger partial charge in [0.2, 0.25) is 11.8 Å². The molecule has 1 rings (SSSR count). The molecule has 1 saturated heterocycles. The van der Waals surface area contributed by atoms with Crippen LogP contribution in [-0.4, -0.2) is 52.9 Å². The van der Waals surface area contributed by atoms with E-state index in [4.69, 9.17) is 5.26 Å². The van der Waals surface area contributed by atoms with Gasteiger partial charge in [0.1, 0.15) is 12.6 Å². The van der Waals surface area contributed by atoms with Crippen LogP contribution >= 0.6 is 11.8 Å². The predicted molar refractivity (Wildman–Crippen MR) is 70.7 cm³/mol. The van der Waals surface area contributed by atoms with Crippen LogP contribution in [0.1, 0.15) is 20.8 Å². The third-order valence-electron chi connectivity index (χ3n) is 2.75. The van der Waals surface area contributed by atoms with Gasteiger partial charge in [-0.15, -0.1) is 11.8 Å². The Hall–Kier alpha value is -1.22. The Morgan fingerprint density at radius 1 is 1.50 bits per heavy atom. The molecule has 100 valence electrons. The molecule has 0 N–H and O–H groups in total. The molecular weight excluding hydrogens is 250 g/mol. The topological polar surface area (TPSA) is 64.4 Å². The van der Waals surface area contributed by atoms with Gasteiger partial charge in [-0.2, -0.15) is 5.26 Å². The zero-order chi connectivity index (χ0) is 13.9. The van der Waals surface area contributed by atoms with Crippen molar-refractivity contribution < 1.29 is 9.59 Å². The molecule has 0 spiro atoms. The third kappa shape index (κ3) is 3.16. The summed E-state index contributed by atoms with van der Waals surface area (Å²) in [5.74, 6) is 0.985. The van der Waals surface area contributed by atoms with Crippen LogP contribution in [0.25, 0.3) is 0 Å². The first-order chi connectivity index (χ1) is 8.29. The molecule has 0 radical (unpaired) electrons. The lowest BCUT2D eigenvalue weighted by atomic mass is 9.94. The van der Waals surface area contributed by atoms with Gasteiger partial charge in [0.05, 0.1) is 11.9 Å². The number of amides is 2. The fraction of sp³-hybridized carbons (Fsp3) is 0.750. The normalized spacial score (nSPS) is 19.5. The maximum absolute atomic E-state index is 12.2. The molecule has 2 amide bonds. The van der Waals surface area contributed by atoms with E-state index in [0.29, 0.717) is 11.6 Å². The number of nitriles is 1. The summed E-state index contributed by atoms with van der Waals surface area (Å²) in [6.45, 7) is 5.59. The molecule has 6 heteroatoms. The van der Waals surface area contributed by atoms with Crippen LogP contribution in [-0.2, 0) is 9.59 Å². The number of rotatable bonds is 2. The molecule has 1 fully saturated rings. The number of likely N-dealkylation sites (N-methyl/N-ethyl adjacent to an activating group) is 1. The van der Waals surface area contributed by atoms with E-state index in [1.807, 2.05) is 26.8 Å². The Morgan fingerprint density at radius 3 is 2.61 bits per heavy atom. The molecule has 1 aliphatic rings. The summed E-state index contributed by atoms with van der Waals surface area (Å²) < 4.78 is 0. The van der Waals surface area contributed by atoms with Crippen molar-refractivity contribution >= 4 is 23.6 Å². The molecule has 1 aliphatic heterocycles. The number of carbonyl (C=O) groups is 2. The molecule has 5 nitrogen and oxygen atoms in total. The van der Waals surface area contributed by atoms with Crippen LogP contribution in [0.5, 0.6) is 0 Å². The van der Waals surface area contributed by atoms with E-state index < -0.39 is 11.5 Å². The average molecular weight is 269 g/mol. The van der Waals surface area contributed by atoms with Crippen LogP contribution in [0.2, 0.25) is 0 Å². The second-order valence-corrected chi connectivity index (χ2v) is 6.39. The van der Waals surface area contributed by atoms with Crippen LogP contribution in [0.4, 0.5) is 0 Å². The SMILES string of the molecule is CN(CC#N)C(=O)[C@H]1CSCN1C(=O)C(C)(C)C. The maximum atomic E-state index is 12.2. The lowest BCUT2D eigenvalue weighted by Crippen LogP contribution is -2.50. The fourth-order valence-electron chi connectivity index (χ4n) is 1.72. The molecule has 0 unspecified atom stereocenters. The van der Waals surface area contributed by atoms with Gasteiger partial charge in [0.25, 0.3) is 0 Å². The highest BCUT2D eigenvalue weighted by Crippen LogP contribution is 2.28. The molecule has 0 aliphatic carbocycles. The summed E-state index contributed by atoms with van der Waals surface area (Å²) in [6, 6.07) is 1.51. The number of carbonyl (C=O) groups excluding carboxylic acids is 2. The van der Waals surface area contributed by atoms with E-state index in [1.165, 1.54) is 4.90 Å². The second-order valence-electron chi connectivity index (χ2n) is 5.39. The van der Waals surface area contributed by atoms with Crippen molar-refractivity contribution in [3.8, 4) is 6.07 Å². The summed E-state index contributed by atoms with van der Waals surface area (Å²) in [6.07, 6.45) is 0. The van der Waals surface area contributed by atoms with Gasteiger partial charge >= 0.3 is 0 Å². The number of hydrogen-bond donors (Lipinski definition) is 0. The predicted octanol–water partition coefficient (Wildman–Crippen LogP) is 0.916. The molecule has 0 saturated carbocycles. The number of thioether (sulfide) groups is 1. The van der Waals surface area contributed by atoms with Gasteiger partial charge in [0.15, 0.2) is 0 Å². The van der Waals surface area contributed by atoms with Crippen molar-refractivity contribution in [2.24, 2.45) is 5.41 Å². The first-order valence-electron chi connectivity index (χ1n) is 5.79. The monoisotopic (exact) mass is 269 g/mol. The Morgan fingerprint density at radius 2 is 2.11 bits per heavy atom. The van der Waals surface area contributed by atoms with Crippen LogP contribution < -0.4 is 0 Å². The Kier molecular flexibility index (Phi) is 4.63. The summed E-state index contributed by atoms with van der Waals surface area (Å²) in [7, 11) is 1.59. The van der Waals surface area contributed by atoms with E-state index in [-0.39, 0.29) is 18.4 Å². The molecular formula is C12H19N3O2S. The molecule has 18 heavy (non-hydrogen) atoms. The molecule has 0 aromatic heterocycles. The molecule has 1 atom stereocenters. The lowest BCUT2D eigenvalue weighted by Gasteiger charge is -2.31. The molecule has 0 aromatic carbocycles. The second kappa shape index (κ2) is 5.61. The maximum Gasteiger partial charge on any atom is 0.246 e. The zero-order valence-electron chi connectivity index (χ0n) is 11.3. The quantitative estimate of drug-likeness (QED) is 0.699. The van der Waals surface area contributed by atoms with Crippen molar-refractivity contribution in [2.75, 3.05) is 25.2 Å². The summed E-state index contributed by atoms with van der Waals surface area (Å²) in [5.41, 5.74) is -0.489. The lowest BCUT2D eigenvalue weighted by molar-refractivity contribution is -0.147. The molecule has 1 heterocycles. The van der Waals surface area contributed by atoms with E-state index >= 15 is 0 Å². The van der Waals surface area contributed by atoms with Gasteiger partial charge in [-0.25, -0.2) is 0 Å². The third-order valence-corrected chi connectivity index (χ3v) is 3.77. The Bertz CT molecular complexity index is 384. The van der Waals surface area contributed by atoms with Gasteiger partial charge in [-0.05, 0) is 0 Å². The van der Waals surface area contributed by atoms with E-state index in [1.54, 1.807) is 23.7 Å². The zero-order valence-corrected chi connectivity index (χ0v) is 12.1. The standard InChI is InChI=1S/C12H19N3O2S/c1-12(2,3)11(17)15-8-18-7-9(15)10(16)14(4)6-5-13/h9H,6-8H2,1-4H3/t9-/m1/s1. The minimum absolute atomic E-state index is 0.0174. The van der Waals surface area contributed by atoms with E-state index in [2.05, 4.69) is 0 Å². The minimum atomic E-state index is -0.489. The van der Waals surface area contributed by atoms with Crippen molar-refractivity contribution in [1.82, 2.24) is 9.80 Å². The van der Waals surface area contributed by atoms with Crippen molar-refractivity contribution in [1.29, 1.82) is 5.26 Å². The summed E-state index contributed by atoms with van der Waals surface area (Å²) >= 11 is 1.57. The van der Waals surface area contributed by atoms with Crippen molar-refractivity contribution in [2.45, 2.75) is 26.8 Å². The minimum Gasteiger partial charge on any atom is -0.331 e. The van der Waals surface area contributed by atoms with Crippen LogP contribution in [0.15, 0.2) is 0 Å². The smallest absolute Gasteiger partial charge is 0.246 e. The molecule has 0 bridgehead atoms. The van der Waals surface area contributed by atoms with Crippen molar-refractivity contribution in [3.05, 3.63) is 0 Å². The van der Waals surface area contributed by atoms with Crippen LogP contribution in [0, 0.1) is 16.7 Å². The van der Waals surface area contributed by atoms with E-state index in [0.717, 1.165) is 0 Å². The van der Waals surface area contributed by atoms with E-state index in [9.17, 15) is 9.59 Å². The van der Waals surface area contributed by atoms with Crippen LogP contribution in [0.3, 0.4) is 0 Å². The first kappa shape index (κ1) is 14.8. The summed E-state index contributed by atoms with van der Waals surface area (Å²) in [4.78, 5) is 27.4. The fourth-order valence-corrected chi connectivity index (χ4v) is 2.86. The van der Waals surface area contributed by atoms with Crippen molar-refractivity contribution in [3.63, 3.8) is 0 Å². The molecule has 0 aromatic rings. The van der Waals surface area contributed by atoms with Gasteiger partial charge in [-0.3, -0.25) is 9.59 Å². The van der Waals surface area contributed by atoms with Gasteiger partial charge in [-0.1, -0.05) is 20.8 Å².